The van der Waals surface area contributed by atoms with Crippen LogP contribution in [0, 0.1) is 0 Å². The molecule has 0 saturated carbocycles. The number of fused-ring (bicyclic) bond motifs is 1. The summed E-state index contributed by atoms with van der Waals surface area (Å²) in [5.74, 6) is 0.211. The van der Waals surface area contributed by atoms with Gasteiger partial charge in [0, 0.05) is 37.6 Å². The molecule has 22 heavy (non-hydrogen) atoms. The third-order valence-electron chi connectivity index (χ3n) is 4.56. The van der Waals surface area contributed by atoms with Crippen LogP contribution in [0.2, 0.25) is 0 Å². The van der Waals surface area contributed by atoms with Crippen LogP contribution in [0.4, 0.5) is 0 Å². The molecule has 2 aromatic carbocycles. The zero-order valence-corrected chi connectivity index (χ0v) is 13.6. The van der Waals surface area contributed by atoms with Crippen LogP contribution in [-0.2, 0) is 0 Å². The zero-order valence-electron chi connectivity index (χ0n) is 13.6. The minimum absolute atomic E-state index is 0.0562. The minimum atomic E-state index is 0.0562. The van der Waals surface area contributed by atoms with Gasteiger partial charge in [0.1, 0.15) is 0 Å². The van der Waals surface area contributed by atoms with Crippen LogP contribution in [0.25, 0.3) is 10.8 Å². The molecule has 0 heterocycles. The van der Waals surface area contributed by atoms with Crippen LogP contribution in [0.3, 0.4) is 0 Å². The van der Waals surface area contributed by atoms with E-state index in [1.807, 2.05) is 26.8 Å². The SMILES string of the molecule is CC(CO)c1ccc2c(C(C)CO)ccc(C(C)CO)c2c1. The first kappa shape index (κ1) is 16.9. The lowest BCUT2D eigenvalue weighted by atomic mass is 9.86. The molecule has 0 saturated heterocycles. The van der Waals surface area contributed by atoms with Crippen LogP contribution in [0.1, 0.15) is 55.2 Å². The first-order valence-electron chi connectivity index (χ1n) is 7.92. The highest BCUT2D eigenvalue weighted by Crippen LogP contribution is 2.33. The van der Waals surface area contributed by atoms with Crippen molar-refractivity contribution in [2.75, 3.05) is 19.8 Å². The Morgan fingerprint density at radius 3 is 1.68 bits per heavy atom. The Bertz CT molecular complexity index is 636. The van der Waals surface area contributed by atoms with Crippen molar-refractivity contribution in [3.05, 3.63) is 47.0 Å². The average Bonchev–Trinajstić information content (AvgIpc) is 2.58. The smallest absolute Gasteiger partial charge is 0.0497 e. The average molecular weight is 302 g/mol. The van der Waals surface area contributed by atoms with Gasteiger partial charge in [-0.3, -0.25) is 0 Å². The predicted octanol–water partition coefficient (Wildman–Crippen LogP) is 3.13. The van der Waals surface area contributed by atoms with Gasteiger partial charge >= 0.3 is 0 Å². The molecule has 2 rings (SSSR count). The summed E-state index contributed by atoms with van der Waals surface area (Å²) in [7, 11) is 0. The summed E-state index contributed by atoms with van der Waals surface area (Å²) in [4.78, 5) is 0. The second-order valence-corrected chi connectivity index (χ2v) is 6.30. The lowest BCUT2D eigenvalue weighted by Gasteiger charge is -2.19. The maximum absolute atomic E-state index is 9.52. The van der Waals surface area contributed by atoms with E-state index in [0.717, 1.165) is 27.5 Å². The van der Waals surface area contributed by atoms with E-state index in [9.17, 15) is 15.3 Å². The van der Waals surface area contributed by atoms with E-state index in [1.54, 1.807) is 0 Å². The molecule has 0 bridgehead atoms. The molecule has 0 aliphatic heterocycles. The van der Waals surface area contributed by atoms with Crippen molar-refractivity contribution in [1.82, 2.24) is 0 Å². The van der Waals surface area contributed by atoms with Crippen molar-refractivity contribution in [1.29, 1.82) is 0 Å². The number of aliphatic hydroxyl groups excluding tert-OH is 3. The van der Waals surface area contributed by atoms with Gasteiger partial charge in [-0.2, -0.15) is 0 Å². The predicted molar refractivity (Wildman–Crippen MR) is 90.5 cm³/mol. The summed E-state index contributed by atoms with van der Waals surface area (Å²) in [5.41, 5.74) is 3.32. The number of aliphatic hydroxyl groups is 3. The molecule has 0 aliphatic carbocycles. The third kappa shape index (κ3) is 3.17. The Morgan fingerprint density at radius 1 is 0.682 bits per heavy atom. The van der Waals surface area contributed by atoms with Crippen LogP contribution in [0.15, 0.2) is 30.3 Å². The fourth-order valence-corrected chi connectivity index (χ4v) is 2.88. The fraction of sp³-hybridized carbons (Fsp3) is 0.474. The van der Waals surface area contributed by atoms with Crippen LogP contribution < -0.4 is 0 Å². The second kappa shape index (κ2) is 7.23. The van der Waals surface area contributed by atoms with E-state index in [0.29, 0.717) is 0 Å². The van der Waals surface area contributed by atoms with Gasteiger partial charge in [0.25, 0.3) is 0 Å². The van der Waals surface area contributed by atoms with Crippen LogP contribution >= 0.6 is 0 Å². The minimum Gasteiger partial charge on any atom is -0.396 e. The highest BCUT2D eigenvalue weighted by Gasteiger charge is 2.16. The molecule has 3 atom stereocenters. The first-order chi connectivity index (χ1) is 10.5. The molecule has 3 unspecified atom stereocenters. The molecular formula is C19H26O3. The summed E-state index contributed by atoms with van der Waals surface area (Å²) < 4.78 is 0. The Balaban J connectivity index is 2.70. The van der Waals surface area contributed by atoms with E-state index in [4.69, 9.17) is 0 Å². The molecule has 3 nitrogen and oxygen atoms in total. The highest BCUT2D eigenvalue weighted by atomic mass is 16.3. The highest BCUT2D eigenvalue weighted by molar-refractivity contribution is 5.90. The van der Waals surface area contributed by atoms with Crippen molar-refractivity contribution in [3.63, 3.8) is 0 Å². The Kier molecular flexibility index (Phi) is 5.57. The molecular weight excluding hydrogens is 276 g/mol. The van der Waals surface area contributed by atoms with Crippen LogP contribution in [0.5, 0.6) is 0 Å². The molecule has 2 aromatic rings. The standard InChI is InChI=1S/C19H26O3/c1-12(9-20)15-4-5-18-16(13(2)10-21)6-7-17(14(3)11-22)19(18)8-15/h4-8,12-14,20-22H,9-11H2,1-3H3. The van der Waals surface area contributed by atoms with Crippen molar-refractivity contribution in [2.45, 2.75) is 38.5 Å². The maximum atomic E-state index is 9.52. The second-order valence-electron chi connectivity index (χ2n) is 6.30. The summed E-state index contributed by atoms with van der Waals surface area (Å²) in [6.45, 7) is 6.34. The largest absolute Gasteiger partial charge is 0.396 e. The quantitative estimate of drug-likeness (QED) is 0.768. The van der Waals surface area contributed by atoms with Gasteiger partial charge in [-0.15, -0.1) is 0 Å². The summed E-state index contributed by atoms with van der Waals surface area (Å²) in [6.07, 6.45) is 0. The molecule has 3 heteroatoms. The van der Waals surface area contributed by atoms with Gasteiger partial charge in [-0.25, -0.2) is 0 Å². The van der Waals surface area contributed by atoms with Crippen LogP contribution in [-0.4, -0.2) is 35.1 Å². The summed E-state index contributed by atoms with van der Waals surface area (Å²) in [6, 6.07) is 10.3. The van der Waals surface area contributed by atoms with E-state index >= 15 is 0 Å². The molecule has 0 amide bonds. The Labute approximate surface area is 132 Å². The van der Waals surface area contributed by atoms with E-state index in [-0.39, 0.29) is 37.6 Å². The van der Waals surface area contributed by atoms with E-state index in [2.05, 4.69) is 24.3 Å². The van der Waals surface area contributed by atoms with Gasteiger partial charge < -0.3 is 15.3 Å². The van der Waals surface area contributed by atoms with E-state index < -0.39 is 0 Å². The van der Waals surface area contributed by atoms with Crippen molar-refractivity contribution >= 4 is 10.8 Å². The van der Waals surface area contributed by atoms with E-state index in [1.165, 1.54) is 0 Å². The lowest BCUT2D eigenvalue weighted by molar-refractivity contribution is 0.272. The number of hydrogen-bond acceptors (Lipinski definition) is 3. The normalized spacial score (nSPS) is 15.7. The molecule has 0 fully saturated rings. The first-order valence-corrected chi connectivity index (χ1v) is 7.92. The third-order valence-corrected chi connectivity index (χ3v) is 4.56. The fourth-order valence-electron chi connectivity index (χ4n) is 2.88. The van der Waals surface area contributed by atoms with Crippen molar-refractivity contribution in [2.24, 2.45) is 0 Å². The number of hydrogen-bond donors (Lipinski definition) is 3. The molecule has 0 radical (unpaired) electrons. The monoisotopic (exact) mass is 302 g/mol. The summed E-state index contributed by atoms with van der Waals surface area (Å²) >= 11 is 0. The zero-order chi connectivity index (χ0) is 16.3. The maximum Gasteiger partial charge on any atom is 0.0497 e. The molecule has 0 spiro atoms. The molecule has 120 valence electrons. The van der Waals surface area contributed by atoms with Gasteiger partial charge in [0.2, 0.25) is 0 Å². The van der Waals surface area contributed by atoms with Crippen molar-refractivity contribution in [3.8, 4) is 0 Å². The lowest BCUT2D eigenvalue weighted by Crippen LogP contribution is -2.05. The van der Waals surface area contributed by atoms with Gasteiger partial charge in [0.05, 0.1) is 0 Å². The van der Waals surface area contributed by atoms with Crippen molar-refractivity contribution < 1.29 is 15.3 Å². The molecule has 0 aliphatic rings. The van der Waals surface area contributed by atoms with Gasteiger partial charge in [-0.05, 0) is 27.5 Å². The summed E-state index contributed by atoms with van der Waals surface area (Å²) in [5, 5.41) is 30.6. The number of benzene rings is 2. The van der Waals surface area contributed by atoms with Gasteiger partial charge in [-0.1, -0.05) is 51.1 Å². The molecule has 3 N–H and O–H groups in total. The number of rotatable bonds is 6. The Morgan fingerprint density at radius 2 is 1.18 bits per heavy atom. The topological polar surface area (TPSA) is 60.7 Å². The Hall–Kier alpha value is -1.42. The van der Waals surface area contributed by atoms with Gasteiger partial charge in [0.15, 0.2) is 0 Å². The molecule has 0 aromatic heterocycles.